The molecule has 2 amide bonds. The molecule has 1 aliphatic heterocycles. The topological polar surface area (TPSA) is 105 Å². The molecule has 14 heteroatoms. The second-order valence-corrected chi connectivity index (χ2v) is 9.51. The third-order valence-electron chi connectivity index (χ3n) is 5.46. The van der Waals surface area contributed by atoms with Crippen molar-refractivity contribution in [2.75, 3.05) is 11.9 Å². The zero-order valence-electron chi connectivity index (χ0n) is 18.3. The Bertz CT molecular complexity index is 1470. The van der Waals surface area contributed by atoms with Crippen molar-refractivity contribution >= 4 is 21.6 Å². The van der Waals surface area contributed by atoms with Gasteiger partial charge in [-0.25, -0.2) is 13.2 Å². The molecule has 0 bridgehead atoms. The van der Waals surface area contributed by atoms with Crippen molar-refractivity contribution < 1.29 is 39.6 Å². The van der Waals surface area contributed by atoms with Crippen LogP contribution in [0.3, 0.4) is 0 Å². The van der Waals surface area contributed by atoms with E-state index in [0.29, 0.717) is 12.1 Å². The lowest BCUT2D eigenvalue weighted by Gasteiger charge is -2.40. The predicted molar refractivity (Wildman–Crippen MR) is 113 cm³/mol. The molecule has 1 heterocycles. The molecule has 2 aromatic rings. The molecule has 0 saturated carbocycles. The van der Waals surface area contributed by atoms with Crippen LogP contribution in [0.25, 0.3) is 0 Å². The van der Waals surface area contributed by atoms with E-state index in [0.717, 1.165) is 41.1 Å². The number of nitriles is 2. The molecular weight excluding hydrogens is 514 g/mol. The quantitative estimate of drug-likeness (QED) is 0.504. The van der Waals surface area contributed by atoms with Crippen molar-refractivity contribution in [3.8, 4) is 12.1 Å². The Morgan fingerprint density at radius 1 is 0.972 bits per heavy atom. The molecule has 0 aliphatic carbocycles. The molecule has 1 atom stereocenters. The zero-order valence-corrected chi connectivity index (χ0v) is 19.1. The van der Waals surface area contributed by atoms with Gasteiger partial charge < -0.3 is 4.90 Å². The number of allylic oxidation sites excluding steroid dienone is 1. The van der Waals surface area contributed by atoms with Crippen LogP contribution >= 0.6 is 0 Å². The molecule has 1 aliphatic rings. The maximum atomic E-state index is 13.4. The molecule has 2 aromatic carbocycles. The third kappa shape index (κ3) is 4.35. The fourth-order valence-corrected chi connectivity index (χ4v) is 4.76. The van der Waals surface area contributed by atoms with Crippen LogP contribution in [0.1, 0.15) is 29.7 Å². The van der Waals surface area contributed by atoms with E-state index < -0.39 is 60.8 Å². The van der Waals surface area contributed by atoms with Gasteiger partial charge in [0.1, 0.15) is 0 Å². The van der Waals surface area contributed by atoms with Crippen molar-refractivity contribution in [3.05, 3.63) is 70.4 Å². The van der Waals surface area contributed by atoms with Gasteiger partial charge in [-0.3, -0.25) is 4.90 Å². The van der Waals surface area contributed by atoms with Crippen LogP contribution in [0.2, 0.25) is 0 Å². The molecule has 0 radical (unpaired) electrons. The first-order valence-electron chi connectivity index (χ1n) is 9.76. The SMILES string of the molecule is CC1=C(C#N)[C@@H](c2ccc(C#N)cc2S(=O)(=O)C(F)(F)F)N(C)C(=O)N1c1cccc(C(F)(F)F)c1. The van der Waals surface area contributed by atoms with Crippen molar-refractivity contribution in [1.29, 1.82) is 10.5 Å². The fourth-order valence-electron chi connectivity index (χ4n) is 3.74. The Morgan fingerprint density at radius 2 is 1.61 bits per heavy atom. The molecule has 7 nitrogen and oxygen atoms in total. The third-order valence-corrected chi connectivity index (χ3v) is 7.00. The van der Waals surface area contributed by atoms with Gasteiger partial charge in [-0.2, -0.15) is 36.9 Å². The Kier molecular flexibility index (Phi) is 6.55. The van der Waals surface area contributed by atoms with E-state index in [1.54, 1.807) is 6.07 Å². The van der Waals surface area contributed by atoms with Crippen LogP contribution in [0.5, 0.6) is 0 Å². The van der Waals surface area contributed by atoms with E-state index in [1.807, 2.05) is 0 Å². The van der Waals surface area contributed by atoms with Crippen LogP contribution < -0.4 is 4.90 Å². The molecular formula is C22H14F6N4O3S. The fraction of sp³-hybridized carbons (Fsp3) is 0.227. The number of alkyl halides is 6. The molecule has 3 rings (SSSR count). The lowest BCUT2D eigenvalue weighted by Crippen LogP contribution is -2.48. The minimum atomic E-state index is -6.03. The van der Waals surface area contributed by atoms with E-state index in [2.05, 4.69) is 0 Å². The number of rotatable bonds is 3. The number of amides is 2. The average molecular weight is 528 g/mol. The maximum absolute atomic E-state index is 13.4. The van der Waals surface area contributed by atoms with Crippen molar-refractivity contribution in [3.63, 3.8) is 0 Å². The Morgan fingerprint density at radius 3 is 2.14 bits per heavy atom. The summed E-state index contributed by atoms with van der Waals surface area (Å²) in [6.45, 7) is 1.19. The summed E-state index contributed by atoms with van der Waals surface area (Å²) in [5, 5.41) is 18.9. The van der Waals surface area contributed by atoms with Gasteiger partial charge in [-0.15, -0.1) is 0 Å². The lowest BCUT2D eigenvalue weighted by molar-refractivity contribution is -0.137. The predicted octanol–water partition coefficient (Wildman–Crippen LogP) is 5.28. The molecule has 0 N–H and O–H groups in total. The Balaban J connectivity index is 2.29. The van der Waals surface area contributed by atoms with Gasteiger partial charge in [0.25, 0.3) is 9.84 Å². The summed E-state index contributed by atoms with van der Waals surface area (Å²) in [7, 11) is -4.97. The standard InChI is InChI=1S/C22H14F6N4O3S/c1-12-17(11-30)19(16-7-6-13(10-29)8-18(16)36(34,35)22(26,27)28)31(2)20(33)32(12)15-5-3-4-14(9-15)21(23,24)25/h3-9,19H,1-2H3/t19-/m1/s1. The molecule has 0 spiro atoms. The minimum Gasteiger partial charge on any atom is -0.315 e. The van der Waals surface area contributed by atoms with Gasteiger partial charge in [0, 0.05) is 12.7 Å². The number of benzene rings is 2. The molecule has 36 heavy (non-hydrogen) atoms. The number of carbonyl (C=O) groups is 1. The molecule has 188 valence electrons. The number of sulfone groups is 1. The van der Waals surface area contributed by atoms with Crippen LogP contribution in [0.4, 0.5) is 36.8 Å². The maximum Gasteiger partial charge on any atom is 0.501 e. The van der Waals surface area contributed by atoms with E-state index in [9.17, 15) is 44.8 Å². The van der Waals surface area contributed by atoms with E-state index in [-0.39, 0.29) is 11.4 Å². The van der Waals surface area contributed by atoms with Crippen molar-refractivity contribution in [1.82, 2.24) is 4.90 Å². The smallest absolute Gasteiger partial charge is 0.315 e. The molecule has 0 fully saturated rings. The zero-order chi connectivity index (χ0) is 27.2. The highest BCUT2D eigenvalue weighted by atomic mass is 32.2. The summed E-state index contributed by atoms with van der Waals surface area (Å²) >= 11 is 0. The molecule has 0 unspecified atom stereocenters. The summed E-state index contributed by atoms with van der Waals surface area (Å²) in [6.07, 6.45) is -4.75. The number of hydrogen-bond donors (Lipinski definition) is 0. The van der Waals surface area contributed by atoms with Crippen LogP contribution in [-0.2, 0) is 16.0 Å². The summed E-state index contributed by atoms with van der Waals surface area (Å²) in [5.41, 5.74) is -8.76. The minimum absolute atomic E-state index is 0.218. The lowest BCUT2D eigenvalue weighted by atomic mass is 9.93. The van der Waals surface area contributed by atoms with Gasteiger partial charge in [0.05, 0.1) is 45.5 Å². The first-order valence-corrected chi connectivity index (χ1v) is 11.2. The average Bonchev–Trinajstić information content (AvgIpc) is 2.80. The number of urea groups is 1. The largest absolute Gasteiger partial charge is 0.501 e. The van der Waals surface area contributed by atoms with Gasteiger partial charge >= 0.3 is 17.7 Å². The summed E-state index contributed by atoms with van der Waals surface area (Å²) in [4.78, 5) is 13.4. The van der Waals surface area contributed by atoms with Crippen LogP contribution in [0.15, 0.2) is 58.6 Å². The first-order chi connectivity index (χ1) is 16.6. The van der Waals surface area contributed by atoms with Crippen molar-refractivity contribution in [2.24, 2.45) is 0 Å². The second-order valence-electron chi connectivity index (χ2n) is 7.60. The number of carbonyl (C=O) groups excluding carboxylic acids is 1. The molecule has 0 saturated heterocycles. The van der Waals surface area contributed by atoms with E-state index >= 15 is 0 Å². The highest BCUT2D eigenvalue weighted by molar-refractivity contribution is 7.92. The van der Waals surface area contributed by atoms with Gasteiger partial charge in [0.2, 0.25) is 0 Å². The number of halogens is 6. The normalized spacial score (nSPS) is 17.2. The monoisotopic (exact) mass is 528 g/mol. The first kappa shape index (κ1) is 26.6. The Labute approximate surface area is 201 Å². The molecule has 0 aromatic heterocycles. The second kappa shape index (κ2) is 8.87. The van der Waals surface area contributed by atoms with Crippen LogP contribution in [0, 0.1) is 22.7 Å². The van der Waals surface area contributed by atoms with E-state index in [4.69, 9.17) is 5.26 Å². The van der Waals surface area contributed by atoms with Crippen molar-refractivity contribution in [2.45, 2.75) is 29.5 Å². The number of anilines is 1. The Hall–Kier alpha value is -4.04. The highest BCUT2D eigenvalue weighted by Gasteiger charge is 2.50. The summed E-state index contributed by atoms with van der Waals surface area (Å²) < 4.78 is 104. The highest BCUT2D eigenvalue weighted by Crippen LogP contribution is 2.43. The van der Waals surface area contributed by atoms with Gasteiger partial charge in [-0.1, -0.05) is 12.1 Å². The summed E-state index contributed by atoms with van der Waals surface area (Å²) in [5.74, 6) is 0. The van der Waals surface area contributed by atoms with Gasteiger partial charge in [0.15, 0.2) is 0 Å². The van der Waals surface area contributed by atoms with Crippen LogP contribution in [-0.4, -0.2) is 31.9 Å². The summed E-state index contributed by atoms with van der Waals surface area (Å²) in [6, 6.07) is 6.59. The number of hydrogen-bond acceptors (Lipinski definition) is 5. The number of nitrogens with zero attached hydrogens (tertiary/aromatic N) is 4. The number of likely N-dealkylation sites (N-methyl/N-ethyl adjacent to an activating group) is 1. The van der Waals surface area contributed by atoms with E-state index in [1.165, 1.54) is 19.1 Å². The van der Waals surface area contributed by atoms with Gasteiger partial charge in [-0.05, 0) is 42.8 Å².